The van der Waals surface area contributed by atoms with Crippen LogP contribution in [0.3, 0.4) is 0 Å². The highest BCUT2D eigenvalue weighted by atomic mass is 35.5. The highest BCUT2D eigenvalue weighted by Gasteiger charge is 2.26. The number of hydrogen-bond acceptors (Lipinski definition) is 6. The third kappa shape index (κ3) is 3.12. The fourth-order valence-corrected chi connectivity index (χ4v) is 5.22. The van der Waals surface area contributed by atoms with Crippen LogP contribution in [0.25, 0.3) is 11.2 Å². The van der Waals surface area contributed by atoms with Gasteiger partial charge >= 0.3 is 0 Å². The SMILES string of the molecule is Cc1ccc(S(=O)(=O)n2cnc3c(N[C@H]4CCc5ccccc54)nc(Cl)nc32)cc1. The number of imidazole rings is 1. The summed E-state index contributed by atoms with van der Waals surface area (Å²) in [5, 5.41) is 3.34. The quantitative estimate of drug-likeness (QED) is 0.481. The first-order chi connectivity index (χ1) is 14.4. The number of nitrogens with one attached hydrogen (secondary N) is 1. The number of fused-ring (bicyclic) bond motifs is 2. The Hall–Kier alpha value is -2.97. The molecule has 0 amide bonds. The molecule has 0 bridgehead atoms. The summed E-state index contributed by atoms with van der Waals surface area (Å²) in [5.74, 6) is 0.421. The first-order valence-electron chi connectivity index (χ1n) is 9.50. The summed E-state index contributed by atoms with van der Waals surface area (Å²) in [4.78, 5) is 12.9. The summed E-state index contributed by atoms with van der Waals surface area (Å²) in [6.45, 7) is 1.90. The molecule has 0 unspecified atom stereocenters. The van der Waals surface area contributed by atoms with Gasteiger partial charge in [-0.25, -0.2) is 17.4 Å². The van der Waals surface area contributed by atoms with Crippen molar-refractivity contribution in [3.8, 4) is 0 Å². The number of hydrogen-bond donors (Lipinski definition) is 1. The lowest BCUT2D eigenvalue weighted by atomic mass is 10.1. The van der Waals surface area contributed by atoms with E-state index in [0.29, 0.717) is 11.3 Å². The summed E-state index contributed by atoms with van der Waals surface area (Å²) in [6, 6.07) is 14.9. The maximum atomic E-state index is 13.2. The van der Waals surface area contributed by atoms with E-state index in [9.17, 15) is 8.42 Å². The van der Waals surface area contributed by atoms with Crippen LogP contribution in [0.15, 0.2) is 59.8 Å². The zero-order valence-corrected chi connectivity index (χ0v) is 17.7. The summed E-state index contributed by atoms with van der Waals surface area (Å²) in [5.41, 5.74) is 3.97. The molecule has 2 heterocycles. The number of anilines is 1. The number of benzene rings is 2. The average Bonchev–Trinajstić information content (AvgIpc) is 3.33. The third-order valence-electron chi connectivity index (χ3n) is 5.36. The molecule has 4 aromatic rings. The molecule has 1 aliphatic carbocycles. The number of halogens is 1. The molecule has 0 aliphatic heterocycles. The predicted octanol–water partition coefficient (Wildman–Crippen LogP) is 4.12. The van der Waals surface area contributed by atoms with Gasteiger partial charge in [0.15, 0.2) is 17.0 Å². The van der Waals surface area contributed by atoms with Gasteiger partial charge in [-0.15, -0.1) is 0 Å². The zero-order chi connectivity index (χ0) is 20.9. The second kappa shape index (κ2) is 7.07. The Kier molecular flexibility index (Phi) is 4.48. The fraction of sp³-hybridized carbons (Fsp3) is 0.190. The Labute approximate surface area is 178 Å². The van der Waals surface area contributed by atoms with Crippen molar-refractivity contribution in [2.24, 2.45) is 0 Å². The van der Waals surface area contributed by atoms with Crippen molar-refractivity contribution in [1.82, 2.24) is 18.9 Å². The van der Waals surface area contributed by atoms with E-state index in [-0.39, 0.29) is 21.9 Å². The molecule has 5 rings (SSSR count). The minimum atomic E-state index is -3.87. The van der Waals surface area contributed by atoms with Crippen molar-refractivity contribution < 1.29 is 8.42 Å². The van der Waals surface area contributed by atoms with Crippen LogP contribution >= 0.6 is 11.6 Å². The summed E-state index contributed by atoms with van der Waals surface area (Å²) in [6.07, 6.45) is 3.12. The molecule has 0 saturated carbocycles. The van der Waals surface area contributed by atoms with Gasteiger partial charge in [0.1, 0.15) is 6.33 Å². The minimum Gasteiger partial charge on any atom is -0.361 e. The minimum absolute atomic E-state index is 0.0443. The Morgan fingerprint density at radius 2 is 1.87 bits per heavy atom. The molecule has 0 fully saturated rings. The molecule has 1 atom stereocenters. The number of aromatic nitrogens is 4. The normalized spacial score (nSPS) is 16.0. The molecule has 30 heavy (non-hydrogen) atoms. The van der Waals surface area contributed by atoms with E-state index in [1.54, 1.807) is 24.3 Å². The van der Waals surface area contributed by atoms with Gasteiger partial charge in [0.05, 0.1) is 10.9 Å². The molecular formula is C21H18ClN5O2S. The van der Waals surface area contributed by atoms with Gasteiger partial charge in [-0.05, 0) is 54.6 Å². The molecule has 9 heteroatoms. The van der Waals surface area contributed by atoms with Gasteiger partial charge in [-0.3, -0.25) is 0 Å². The van der Waals surface area contributed by atoms with Gasteiger partial charge in [0.2, 0.25) is 5.28 Å². The topological polar surface area (TPSA) is 89.8 Å². The fourth-order valence-electron chi connectivity index (χ4n) is 3.83. The van der Waals surface area contributed by atoms with Crippen molar-refractivity contribution in [1.29, 1.82) is 0 Å². The van der Waals surface area contributed by atoms with Gasteiger partial charge in [0, 0.05) is 0 Å². The van der Waals surface area contributed by atoms with Gasteiger partial charge in [-0.1, -0.05) is 42.0 Å². The Balaban J connectivity index is 1.58. The van der Waals surface area contributed by atoms with E-state index >= 15 is 0 Å². The maximum Gasteiger partial charge on any atom is 0.270 e. The van der Waals surface area contributed by atoms with Crippen LogP contribution in [-0.2, 0) is 16.4 Å². The Morgan fingerprint density at radius 1 is 1.10 bits per heavy atom. The van der Waals surface area contributed by atoms with Crippen LogP contribution < -0.4 is 5.32 Å². The molecule has 1 aliphatic rings. The second-order valence-electron chi connectivity index (χ2n) is 7.31. The number of nitrogens with zero attached hydrogens (tertiary/aromatic N) is 4. The molecule has 2 aromatic carbocycles. The van der Waals surface area contributed by atoms with Crippen LogP contribution in [0.5, 0.6) is 0 Å². The first-order valence-corrected chi connectivity index (χ1v) is 11.3. The molecule has 0 spiro atoms. The van der Waals surface area contributed by atoms with Crippen molar-refractivity contribution in [2.45, 2.75) is 30.7 Å². The Bertz CT molecular complexity index is 1370. The smallest absolute Gasteiger partial charge is 0.270 e. The lowest BCUT2D eigenvalue weighted by molar-refractivity contribution is 0.588. The monoisotopic (exact) mass is 439 g/mol. The van der Waals surface area contributed by atoms with Crippen molar-refractivity contribution in [3.63, 3.8) is 0 Å². The molecule has 1 N–H and O–H groups in total. The van der Waals surface area contributed by atoms with Crippen LogP contribution in [0.1, 0.15) is 29.2 Å². The number of aryl methyl sites for hydroxylation is 2. The predicted molar refractivity (Wildman–Crippen MR) is 115 cm³/mol. The van der Waals surface area contributed by atoms with Crippen LogP contribution in [0.4, 0.5) is 5.82 Å². The van der Waals surface area contributed by atoms with Gasteiger partial charge in [0.25, 0.3) is 10.0 Å². The highest BCUT2D eigenvalue weighted by Crippen LogP contribution is 2.35. The Morgan fingerprint density at radius 3 is 2.67 bits per heavy atom. The van der Waals surface area contributed by atoms with Crippen molar-refractivity contribution in [2.75, 3.05) is 5.32 Å². The van der Waals surface area contributed by atoms with Crippen molar-refractivity contribution in [3.05, 3.63) is 76.8 Å². The van der Waals surface area contributed by atoms with Crippen LogP contribution in [-0.4, -0.2) is 27.3 Å². The molecule has 0 radical (unpaired) electrons. The molecule has 2 aromatic heterocycles. The largest absolute Gasteiger partial charge is 0.361 e. The molecule has 152 valence electrons. The standard InChI is InChI=1S/C21H18ClN5O2S/c1-13-6-9-15(10-7-13)30(28,29)27-12-23-18-19(25-21(22)26-20(18)27)24-17-11-8-14-4-2-3-5-16(14)17/h2-7,9-10,12,17H,8,11H2,1H3,(H,24,25,26)/t17-/m0/s1. The maximum absolute atomic E-state index is 13.2. The first kappa shape index (κ1) is 19.0. The lowest BCUT2D eigenvalue weighted by Gasteiger charge is -2.15. The molecular weight excluding hydrogens is 422 g/mol. The second-order valence-corrected chi connectivity index (χ2v) is 9.46. The van der Waals surface area contributed by atoms with E-state index in [2.05, 4.69) is 32.4 Å². The van der Waals surface area contributed by atoms with E-state index in [1.165, 1.54) is 17.5 Å². The van der Waals surface area contributed by atoms with Crippen molar-refractivity contribution >= 4 is 38.6 Å². The third-order valence-corrected chi connectivity index (χ3v) is 7.18. The zero-order valence-electron chi connectivity index (χ0n) is 16.1. The van der Waals surface area contributed by atoms with E-state index in [0.717, 1.165) is 22.4 Å². The van der Waals surface area contributed by atoms with Gasteiger partial charge in [-0.2, -0.15) is 9.97 Å². The summed E-state index contributed by atoms with van der Waals surface area (Å²) >= 11 is 6.16. The van der Waals surface area contributed by atoms with Gasteiger partial charge < -0.3 is 5.32 Å². The van der Waals surface area contributed by atoms with Crippen LogP contribution in [0.2, 0.25) is 5.28 Å². The molecule has 7 nitrogen and oxygen atoms in total. The summed E-state index contributed by atoms with van der Waals surface area (Å²) in [7, 11) is -3.87. The van der Waals surface area contributed by atoms with E-state index in [1.807, 2.05) is 19.1 Å². The lowest BCUT2D eigenvalue weighted by Crippen LogP contribution is -2.13. The van der Waals surface area contributed by atoms with E-state index in [4.69, 9.17) is 11.6 Å². The number of rotatable bonds is 4. The molecule has 0 saturated heterocycles. The van der Waals surface area contributed by atoms with E-state index < -0.39 is 10.0 Å². The average molecular weight is 440 g/mol. The highest BCUT2D eigenvalue weighted by molar-refractivity contribution is 7.90. The summed E-state index contributed by atoms with van der Waals surface area (Å²) < 4.78 is 27.4. The van der Waals surface area contributed by atoms with Crippen LogP contribution in [0, 0.1) is 6.92 Å².